The van der Waals surface area contributed by atoms with Gasteiger partial charge < -0.3 is 5.73 Å². The summed E-state index contributed by atoms with van der Waals surface area (Å²) in [6.07, 6.45) is 8.33. The van der Waals surface area contributed by atoms with Crippen LogP contribution in [0.2, 0.25) is 0 Å². The highest BCUT2D eigenvalue weighted by molar-refractivity contribution is 7.92. The van der Waals surface area contributed by atoms with Gasteiger partial charge >= 0.3 is 0 Å². The first kappa shape index (κ1) is 24.8. The van der Waals surface area contributed by atoms with E-state index < -0.39 is 38.1 Å². The molecule has 0 amide bonds. The van der Waals surface area contributed by atoms with E-state index in [0.717, 1.165) is 56.4 Å². The summed E-state index contributed by atoms with van der Waals surface area (Å²) in [6.45, 7) is 0. The molecule has 4 aromatic rings. The molecule has 0 atom stereocenters. The minimum absolute atomic E-state index is 0.0176. The summed E-state index contributed by atoms with van der Waals surface area (Å²) < 4.78 is 73.4. The molecule has 3 N–H and O–H groups in total. The fourth-order valence-corrected chi connectivity index (χ4v) is 5.76. The van der Waals surface area contributed by atoms with Crippen molar-refractivity contribution in [1.82, 2.24) is 19.7 Å². The summed E-state index contributed by atoms with van der Waals surface area (Å²) >= 11 is 0. The van der Waals surface area contributed by atoms with Gasteiger partial charge in [0.05, 0.1) is 17.4 Å². The van der Waals surface area contributed by atoms with Crippen molar-refractivity contribution in [3.8, 4) is 22.5 Å². The van der Waals surface area contributed by atoms with Gasteiger partial charge in [-0.25, -0.2) is 31.6 Å². The molecule has 0 bridgehead atoms. The maximum absolute atomic E-state index is 15.8. The Balaban J connectivity index is 1.60. The standard InChI is InChI=1S/C25H23F3N6O2S/c26-18-9-5-10-19(27)24(18)37(35,36)33-21-11-4-8-16(22(21)28)23-17(20-12-13-30-25(29)31-20)14-34(32-23)15-6-2-1-3-7-15/h4-5,8-15,33H,1-3,6-7H2,(H2,29,30,31). The Morgan fingerprint density at radius 3 is 2.35 bits per heavy atom. The van der Waals surface area contributed by atoms with Gasteiger partial charge in [-0.2, -0.15) is 5.10 Å². The lowest BCUT2D eigenvalue weighted by molar-refractivity contribution is 0.330. The van der Waals surface area contributed by atoms with Crippen molar-refractivity contribution in [2.24, 2.45) is 0 Å². The minimum atomic E-state index is -4.78. The van der Waals surface area contributed by atoms with Crippen molar-refractivity contribution >= 4 is 21.7 Å². The molecule has 37 heavy (non-hydrogen) atoms. The summed E-state index contributed by atoms with van der Waals surface area (Å²) in [5, 5.41) is 4.67. The Morgan fingerprint density at radius 2 is 1.65 bits per heavy atom. The monoisotopic (exact) mass is 528 g/mol. The molecule has 8 nitrogen and oxygen atoms in total. The van der Waals surface area contributed by atoms with Crippen LogP contribution in [-0.4, -0.2) is 28.2 Å². The van der Waals surface area contributed by atoms with E-state index in [2.05, 4.69) is 15.1 Å². The Bertz CT molecular complexity index is 1550. The first-order valence-corrected chi connectivity index (χ1v) is 13.2. The number of sulfonamides is 1. The average molecular weight is 529 g/mol. The van der Waals surface area contributed by atoms with Gasteiger partial charge in [-0.3, -0.25) is 9.40 Å². The number of hydrogen-bond acceptors (Lipinski definition) is 6. The fourth-order valence-electron chi connectivity index (χ4n) is 4.56. The molecule has 2 aromatic heterocycles. The first-order chi connectivity index (χ1) is 17.7. The fraction of sp³-hybridized carbons (Fsp3) is 0.240. The van der Waals surface area contributed by atoms with Gasteiger partial charge in [-0.05, 0) is 43.2 Å². The molecule has 12 heteroatoms. The van der Waals surface area contributed by atoms with E-state index in [-0.39, 0.29) is 23.2 Å². The molecule has 2 heterocycles. The zero-order valence-electron chi connectivity index (χ0n) is 19.5. The molecule has 0 saturated heterocycles. The third-order valence-electron chi connectivity index (χ3n) is 6.32. The van der Waals surface area contributed by atoms with Crippen molar-refractivity contribution in [1.29, 1.82) is 0 Å². The maximum Gasteiger partial charge on any atom is 0.267 e. The van der Waals surface area contributed by atoms with Gasteiger partial charge in [0, 0.05) is 23.5 Å². The van der Waals surface area contributed by atoms with E-state index in [1.165, 1.54) is 18.3 Å². The summed E-state index contributed by atoms with van der Waals surface area (Å²) in [5.74, 6) is -3.51. The Morgan fingerprint density at radius 1 is 0.946 bits per heavy atom. The summed E-state index contributed by atoms with van der Waals surface area (Å²) in [7, 11) is -4.78. The van der Waals surface area contributed by atoms with Crippen LogP contribution < -0.4 is 10.5 Å². The third kappa shape index (κ3) is 4.88. The van der Waals surface area contributed by atoms with Crippen LogP contribution in [0.5, 0.6) is 0 Å². The van der Waals surface area contributed by atoms with E-state index in [1.54, 1.807) is 16.9 Å². The van der Waals surface area contributed by atoms with E-state index in [9.17, 15) is 17.2 Å². The Kier molecular flexibility index (Phi) is 6.59. The van der Waals surface area contributed by atoms with Crippen LogP contribution in [0.15, 0.2) is 59.8 Å². The number of rotatable bonds is 6. The molecule has 0 spiro atoms. The first-order valence-electron chi connectivity index (χ1n) is 11.7. The Hall–Kier alpha value is -3.93. The van der Waals surface area contributed by atoms with Crippen molar-refractivity contribution in [3.05, 3.63) is 72.3 Å². The highest BCUT2D eigenvalue weighted by Crippen LogP contribution is 2.37. The molecule has 192 valence electrons. The van der Waals surface area contributed by atoms with Crippen LogP contribution in [0.3, 0.4) is 0 Å². The molecule has 1 fully saturated rings. The molecule has 0 radical (unpaired) electrons. The highest BCUT2D eigenvalue weighted by Gasteiger charge is 2.27. The molecule has 5 rings (SSSR count). The number of nitrogen functional groups attached to an aromatic ring is 1. The van der Waals surface area contributed by atoms with Crippen molar-refractivity contribution < 1.29 is 21.6 Å². The zero-order valence-corrected chi connectivity index (χ0v) is 20.4. The number of anilines is 2. The Labute approximate surface area is 211 Å². The molecule has 2 aromatic carbocycles. The number of aromatic nitrogens is 4. The predicted octanol–water partition coefficient (Wildman–Crippen LogP) is 5.31. The van der Waals surface area contributed by atoms with E-state index in [1.807, 2.05) is 4.72 Å². The van der Waals surface area contributed by atoms with Crippen LogP contribution in [0.25, 0.3) is 22.5 Å². The molecule has 1 aliphatic rings. The topological polar surface area (TPSA) is 116 Å². The number of nitrogens with two attached hydrogens (primary N) is 1. The molecule has 0 unspecified atom stereocenters. The second kappa shape index (κ2) is 9.85. The third-order valence-corrected chi connectivity index (χ3v) is 7.73. The number of benzene rings is 2. The lowest BCUT2D eigenvalue weighted by Gasteiger charge is -2.21. The second-order valence-corrected chi connectivity index (χ2v) is 10.4. The molecule has 1 saturated carbocycles. The largest absolute Gasteiger partial charge is 0.368 e. The number of nitrogens with one attached hydrogen (secondary N) is 1. The van der Waals surface area contributed by atoms with Crippen LogP contribution in [0, 0.1) is 17.5 Å². The van der Waals surface area contributed by atoms with Gasteiger partial charge in [0.15, 0.2) is 10.7 Å². The lowest BCUT2D eigenvalue weighted by Crippen LogP contribution is -2.17. The highest BCUT2D eigenvalue weighted by atomic mass is 32.2. The number of halogens is 3. The smallest absolute Gasteiger partial charge is 0.267 e. The normalized spacial score (nSPS) is 14.6. The maximum atomic E-state index is 15.8. The summed E-state index contributed by atoms with van der Waals surface area (Å²) in [4.78, 5) is 6.97. The SMILES string of the molecule is Nc1nccc(-c2cn(C3CCCCC3)nc2-c2cccc(NS(=O)(=O)c3c(F)cccc3F)c2F)n1. The number of hydrogen-bond donors (Lipinski definition) is 2. The van der Waals surface area contributed by atoms with E-state index >= 15 is 4.39 Å². The zero-order chi connectivity index (χ0) is 26.2. The van der Waals surface area contributed by atoms with Gasteiger partial charge in [0.2, 0.25) is 5.95 Å². The van der Waals surface area contributed by atoms with Gasteiger partial charge in [-0.15, -0.1) is 0 Å². The van der Waals surface area contributed by atoms with Crippen molar-refractivity contribution in [3.63, 3.8) is 0 Å². The van der Waals surface area contributed by atoms with Crippen LogP contribution in [0.1, 0.15) is 38.1 Å². The molecular formula is C25H23F3N6O2S. The van der Waals surface area contributed by atoms with Gasteiger partial charge in [0.25, 0.3) is 10.0 Å². The summed E-state index contributed by atoms with van der Waals surface area (Å²) in [6, 6.07) is 8.42. The van der Waals surface area contributed by atoms with E-state index in [0.29, 0.717) is 11.3 Å². The molecule has 0 aliphatic heterocycles. The van der Waals surface area contributed by atoms with Crippen LogP contribution >= 0.6 is 0 Å². The van der Waals surface area contributed by atoms with Crippen LogP contribution in [0.4, 0.5) is 24.8 Å². The molecular weight excluding hydrogens is 505 g/mol. The average Bonchev–Trinajstić information content (AvgIpc) is 3.31. The quantitative estimate of drug-likeness (QED) is 0.350. The summed E-state index contributed by atoms with van der Waals surface area (Å²) in [5.41, 5.74) is 6.40. The van der Waals surface area contributed by atoms with Crippen molar-refractivity contribution in [2.45, 2.75) is 43.0 Å². The van der Waals surface area contributed by atoms with Crippen LogP contribution in [-0.2, 0) is 10.0 Å². The lowest BCUT2D eigenvalue weighted by atomic mass is 9.96. The van der Waals surface area contributed by atoms with Crippen molar-refractivity contribution in [2.75, 3.05) is 10.5 Å². The number of nitrogens with zero attached hydrogens (tertiary/aromatic N) is 4. The van der Waals surface area contributed by atoms with Gasteiger partial charge in [-0.1, -0.05) is 31.4 Å². The molecule has 1 aliphatic carbocycles. The predicted molar refractivity (Wildman–Crippen MR) is 132 cm³/mol. The van der Waals surface area contributed by atoms with Gasteiger partial charge in [0.1, 0.15) is 17.3 Å². The second-order valence-electron chi connectivity index (χ2n) is 8.79. The van der Waals surface area contributed by atoms with E-state index in [4.69, 9.17) is 5.73 Å². The minimum Gasteiger partial charge on any atom is -0.368 e.